The molecule has 2 aromatic carbocycles. The van der Waals surface area contributed by atoms with Crippen LogP contribution in [-0.4, -0.2) is 23.8 Å². The van der Waals surface area contributed by atoms with E-state index in [1.165, 1.54) is 5.56 Å². The number of benzene rings is 2. The molecule has 25 heavy (non-hydrogen) atoms. The van der Waals surface area contributed by atoms with Crippen LogP contribution in [0.1, 0.15) is 50.8 Å². The first-order valence-corrected chi connectivity index (χ1v) is 9.32. The third-order valence-corrected chi connectivity index (χ3v) is 4.45. The summed E-state index contributed by atoms with van der Waals surface area (Å²) in [6.45, 7) is 7.13. The summed E-state index contributed by atoms with van der Waals surface area (Å²) in [5.41, 5.74) is 2.22. The molecule has 0 aromatic heterocycles. The molecule has 0 spiro atoms. The molecule has 3 nitrogen and oxygen atoms in total. The lowest BCUT2D eigenvalue weighted by Gasteiger charge is -2.20. The van der Waals surface area contributed by atoms with Gasteiger partial charge in [0.05, 0.1) is 12.2 Å². The average Bonchev–Trinajstić information content (AvgIpc) is 2.63. The zero-order chi connectivity index (χ0) is 18.1. The molecule has 0 aliphatic carbocycles. The van der Waals surface area contributed by atoms with E-state index in [9.17, 15) is 5.11 Å². The van der Waals surface area contributed by atoms with Crippen molar-refractivity contribution in [3.05, 3.63) is 65.7 Å². The molecule has 2 aromatic rings. The Kier molecular flexibility index (Phi) is 7.96. The first-order valence-electron chi connectivity index (χ1n) is 9.32. The molecule has 0 bridgehead atoms. The van der Waals surface area contributed by atoms with Crippen LogP contribution >= 0.6 is 0 Å². The highest BCUT2D eigenvalue weighted by Gasteiger charge is 2.15. The van der Waals surface area contributed by atoms with Crippen LogP contribution < -0.4 is 10.1 Å². The molecular formula is C22H31NO2. The van der Waals surface area contributed by atoms with Gasteiger partial charge < -0.3 is 15.2 Å². The lowest BCUT2D eigenvalue weighted by atomic mass is 10.0. The van der Waals surface area contributed by atoms with Gasteiger partial charge in [-0.1, -0.05) is 55.8 Å². The molecule has 3 atom stereocenters. The van der Waals surface area contributed by atoms with Crippen molar-refractivity contribution < 1.29 is 9.84 Å². The molecule has 0 aliphatic heterocycles. The van der Waals surface area contributed by atoms with Gasteiger partial charge in [-0.15, -0.1) is 0 Å². The van der Waals surface area contributed by atoms with E-state index < -0.39 is 6.10 Å². The maximum Gasteiger partial charge on any atom is 0.119 e. The maximum absolute atomic E-state index is 10.4. The number of rotatable bonds is 10. The summed E-state index contributed by atoms with van der Waals surface area (Å²) in [7, 11) is 0. The summed E-state index contributed by atoms with van der Waals surface area (Å²) in [4.78, 5) is 0. The Morgan fingerprint density at radius 3 is 2.32 bits per heavy atom. The smallest absolute Gasteiger partial charge is 0.119 e. The molecule has 3 heteroatoms. The van der Waals surface area contributed by atoms with E-state index in [1.807, 2.05) is 49.4 Å². The number of aliphatic hydroxyl groups is 1. The molecule has 0 amide bonds. The van der Waals surface area contributed by atoms with E-state index in [1.54, 1.807) is 0 Å². The van der Waals surface area contributed by atoms with Crippen LogP contribution in [0.4, 0.5) is 0 Å². The van der Waals surface area contributed by atoms with Gasteiger partial charge in [0.15, 0.2) is 0 Å². The van der Waals surface area contributed by atoms with Crippen LogP contribution in [0, 0.1) is 0 Å². The van der Waals surface area contributed by atoms with Crippen LogP contribution in [0.5, 0.6) is 5.75 Å². The van der Waals surface area contributed by atoms with E-state index in [4.69, 9.17) is 4.74 Å². The van der Waals surface area contributed by atoms with E-state index in [0.29, 0.717) is 0 Å². The monoisotopic (exact) mass is 341 g/mol. The number of hydrogen-bond acceptors (Lipinski definition) is 3. The van der Waals surface area contributed by atoms with Gasteiger partial charge in [0.1, 0.15) is 5.75 Å². The molecule has 0 unspecified atom stereocenters. The first kappa shape index (κ1) is 19.5. The fraction of sp³-hybridized carbons (Fsp3) is 0.455. The third-order valence-electron chi connectivity index (χ3n) is 4.45. The lowest BCUT2D eigenvalue weighted by Crippen LogP contribution is -2.33. The van der Waals surface area contributed by atoms with Crippen LogP contribution in [0.2, 0.25) is 0 Å². The van der Waals surface area contributed by atoms with Gasteiger partial charge in [0, 0.05) is 6.04 Å². The molecule has 136 valence electrons. The highest BCUT2D eigenvalue weighted by Crippen LogP contribution is 2.17. The number of ether oxygens (including phenoxy) is 1. The average molecular weight is 341 g/mol. The molecular weight excluding hydrogens is 310 g/mol. The van der Waals surface area contributed by atoms with Crippen molar-refractivity contribution in [1.29, 1.82) is 0 Å². The third kappa shape index (κ3) is 6.52. The number of hydrogen-bond donors (Lipinski definition) is 2. The molecule has 0 saturated carbocycles. The topological polar surface area (TPSA) is 41.5 Å². The first-order chi connectivity index (χ1) is 12.1. The van der Waals surface area contributed by atoms with Gasteiger partial charge in [-0.05, 0) is 56.5 Å². The molecule has 0 radical (unpaired) electrons. The minimum Gasteiger partial charge on any atom is -0.491 e. The molecule has 0 aliphatic rings. The van der Waals surface area contributed by atoms with Gasteiger partial charge in [0.2, 0.25) is 0 Å². The Balaban J connectivity index is 1.76. The van der Waals surface area contributed by atoms with Crippen LogP contribution in [-0.2, 0) is 6.42 Å². The summed E-state index contributed by atoms with van der Waals surface area (Å²) in [6, 6.07) is 18.1. The second-order valence-corrected chi connectivity index (χ2v) is 6.71. The van der Waals surface area contributed by atoms with Crippen LogP contribution in [0.25, 0.3) is 0 Å². The second kappa shape index (κ2) is 10.2. The van der Waals surface area contributed by atoms with Crippen molar-refractivity contribution in [2.75, 3.05) is 6.54 Å². The van der Waals surface area contributed by atoms with E-state index in [0.717, 1.165) is 37.1 Å². The van der Waals surface area contributed by atoms with E-state index >= 15 is 0 Å². The Labute approximate surface area is 152 Å². The molecule has 0 heterocycles. The van der Waals surface area contributed by atoms with Crippen LogP contribution in [0.15, 0.2) is 54.6 Å². The lowest BCUT2D eigenvalue weighted by molar-refractivity contribution is 0.136. The van der Waals surface area contributed by atoms with Crippen molar-refractivity contribution in [2.45, 2.75) is 58.3 Å². The summed E-state index contributed by atoms with van der Waals surface area (Å²) < 4.78 is 5.88. The highest BCUT2D eigenvalue weighted by atomic mass is 16.5. The largest absolute Gasteiger partial charge is 0.491 e. The van der Waals surface area contributed by atoms with Gasteiger partial charge in [-0.25, -0.2) is 0 Å². The summed E-state index contributed by atoms with van der Waals surface area (Å²) in [5.74, 6) is 0.936. The van der Waals surface area contributed by atoms with Gasteiger partial charge in [-0.3, -0.25) is 0 Å². The minimum absolute atomic E-state index is 0.0138. The van der Waals surface area contributed by atoms with Crippen molar-refractivity contribution in [1.82, 2.24) is 5.32 Å². The fourth-order valence-electron chi connectivity index (χ4n) is 2.93. The van der Waals surface area contributed by atoms with Crippen molar-refractivity contribution >= 4 is 0 Å². The van der Waals surface area contributed by atoms with E-state index in [2.05, 4.69) is 31.3 Å². The van der Waals surface area contributed by atoms with Crippen molar-refractivity contribution in [3.8, 4) is 5.75 Å². The van der Waals surface area contributed by atoms with Crippen molar-refractivity contribution in [2.24, 2.45) is 0 Å². The summed E-state index contributed by atoms with van der Waals surface area (Å²) >= 11 is 0. The summed E-state index contributed by atoms with van der Waals surface area (Å²) in [6.07, 6.45) is 2.91. The zero-order valence-corrected chi connectivity index (χ0v) is 15.6. The predicted molar refractivity (Wildman–Crippen MR) is 104 cm³/mol. The zero-order valence-electron chi connectivity index (χ0n) is 15.6. The quantitative estimate of drug-likeness (QED) is 0.668. The standard InChI is InChI=1S/C22H31NO2/c1-4-8-17(2)25-21-13-11-19(12-14-21)15-16-23-18(3)22(24)20-9-6-5-7-10-20/h5-7,9-14,17-18,22-24H,4,8,15-16H2,1-3H3/t17-,18-,22+/m1/s1. The maximum atomic E-state index is 10.4. The Morgan fingerprint density at radius 2 is 1.68 bits per heavy atom. The van der Waals surface area contributed by atoms with Crippen molar-refractivity contribution in [3.63, 3.8) is 0 Å². The molecule has 0 fully saturated rings. The highest BCUT2D eigenvalue weighted by molar-refractivity contribution is 5.27. The molecule has 2 N–H and O–H groups in total. The van der Waals surface area contributed by atoms with E-state index in [-0.39, 0.29) is 12.1 Å². The Bertz CT molecular complexity index is 597. The van der Waals surface area contributed by atoms with Gasteiger partial charge >= 0.3 is 0 Å². The summed E-state index contributed by atoms with van der Waals surface area (Å²) in [5, 5.41) is 13.8. The number of nitrogens with one attached hydrogen (secondary N) is 1. The Morgan fingerprint density at radius 1 is 1.00 bits per heavy atom. The Hall–Kier alpha value is -1.84. The number of aliphatic hydroxyl groups excluding tert-OH is 1. The van der Waals surface area contributed by atoms with Crippen LogP contribution in [0.3, 0.4) is 0 Å². The second-order valence-electron chi connectivity index (χ2n) is 6.71. The molecule has 0 saturated heterocycles. The predicted octanol–water partition coefficient (Wildman–Crippen LogP) is 4.51. The normalized spacial score (nSPS) is 14.7. The minimum atomic E-state index is -0.489. The fourth-order valence-corrected chi connectivity index (χ4v) is 2.93. The molecule has 2 rings (SSSR count). The SMILES string of the molecule is CCC[C@@H](C)Oc1ccc(CCN[C@H](C)[C@H](O)c2ccccc2)cc1. The van der Waals surface area contributed by atoms with Gasteiger partial charge in [-0.2, -0.15) is 0 Å². The van der Waals surface area contributed by atoms with Gasteiger partial charge in [0.25, 0.3) is 0 Å².